The van der Waals surface area contributed by atoms with Crippen LogP contribution in [-0.2, 0) is 11.3 Å². The highest BCUT2D eigenvalue weighted by Crippen LogP contribution is 2.45. The molecule has 2 aliphatic rings. The molecule has 24 heavy (non-hydrogen) atoms. The van der Waals surface area contributed by atoms with Crippen molar-refractivity contribution in [3.8, 4) is 0 Å². The number of carbonyl (C=O) groups is 1. The number of hydrogen-bond donors (Lipinski definition) is 2. The van der Waals surface area contributed by atoms with Gasteiger partial charge in [0.2, 0.25) is 0 Å². The lowest BCUT2D eigenvalue weighted by Gasteiger charge is -2.42. The molecule has 1 spiro atoms. The van der Waals surface area contributed by atoms with E-state index in [1.54, 1.807) is 19.1 Å². The lowest BCUT2D eigenvalue weighted by Crippen LogP contribution is -2.46. The topological polar surface area (TPSA) is 60.8 Å². The van der Waals surface area contributed by atoms with Crippen LogP contribution >= 0.6 is 0 Å². The Kier molecular flexibility index (Phi) is 6.29. The minimum absolute atomic E-state index is 0.0159. The van der Waals surface area contributed by atoms with E-state index in [2.05, 4.69) is 4.90 Å². The van der Waals surface area contributed by atoms with Gasteiger partial charge in [-0.3, -0.25) is 9.69 Å². The molecule has 3 rings (SSSR count). The number of likely N-dealkylation sites (tertiary alicyclic amines) is 1. The van der Waals surface area contributed by atoms with Gasteiger partial charge in [0.1, 0.15) is 0 Å². The number of aryl methyl sites for hydroxylation is 1. The Labute approximate surface area is 141 Å². The first-order valence-electron chi connectivity index (χ1n) is 8.35. The molecule has 0 amide bonds. The van der Waals surface area contributed by atoms with Gasteiger partial charge in [-0.2, -0.15) is 0 Å². The van der Waals surface area contributed by atoms with E-state index >= 15 is 0 Å². The summed E-state index contributed by atoms with van der Waals surface area (Å²) in [4.78, 5) is 10.5. The number of benzene rings is 1. The molecule has 1 aliphatic carbocycles. The van der Waals surface area contributed by atoms with Gasteiger partial charge < -0.3 is 10.2 Å². The van der Waals surface area contributed by atoms with Crippen LogP contribution < -0.4 is 0 Å². The molecule has 134 valence electrons. The minimum Gasteiger partial charge on any atom is -0.483 e. The van der Waals surface area contributed by atoms with Crippen molar-refractivity contribution in [2.75, 3.05) is 13.1 Å². The standard InChI is InChI=1S/C17H23F2NO.CH2O2/c1-12-5-6-13(16(19)15(12)18)10-20-9-3-8-17(11-20)7-2-4-14(17)21;2-1-3/h5-6,14,21H,2-4,7-11H2,1H3;1H,(H,2,3)/t14-,17-;/m1./s1. The zero-order chi connectivity index (χ0) is 17.7. The molecule has 6 heteroatoms. The third-order valence-corrected chi connectivity index (χ3v) is 5.30. The van der Waals surface area contributed by atoms with E-state index < -0.39 is 11.6 Å². The fourth-order valence-corrected chi connectivity index (χ4v) is 4.04. The average Bonchev–Trinajstić information content (AvgIpc) is 2.89. The predicted octanol–water partition coefficient (Wildman–Crippen LogP) is 3.10. The zero-order valence-corrected chi connectivity index (χ0v) is 14.0. The molecule has 2 fully saturated rings. The molecule has 1 aromatic rings. The van der Waals surface area contributed by atoms with Crippen LogP contribution in [-0.4, -0.2) is 40.8 Å². The van der Waals surface area contributed by atoms with Crippen molar-refractivity contribution < 1.29 is 23.8 Å². The van der Waals surface area contributed by atoms with Crippen molar-refractivity contribution >= 4 is 6.47 Å². The van der Waals surface area contributed by atoms with Gasteiger partial charge in [0, 0.05) is 24.1 Å². The molecule has 4 nitrogen and oxygen atoms in total. The first kappa shape index (κ1) is 18.8. The third kappa shape index (κ3) is 3.92. The van der Waals surface area contributed by atoms with Gasteiger partial charge in [-0.1, -0.05) is 18.6 Å². The molecule has 2 atom stereocenters. The molecule has 1 heterocycles. The van der Waals surface area contributed by atoms with Crippen LogP contribution in [0, 0.1) is 24.0 Å². The first-order valence-corrected chi connectivity index (χ1v) is 8.35. The van der Waals surface area contributed by atoms with Crippen molar-refractivity contribution in [2.45, 2.75) is 51.7 Å². The van der Waals surface area contributed by atoms with Gasteiger partial charge in [-0.15, -0.1) is 0 Å². The molecule has 1 saturated heterocycles. The van der Waals surface area contributed by atoms with Gasteiger partial charge in [-0.05, 0) is 44.7 Å². The highest BCUT2D eigenvalue weighted by molar-refractivity contribution is 5.32. The fraction of sp³-hybridized carbons (Fsp3) is 0.611. The van der Waals surface area contributed by atoms with Gasteiger partial charge in [0.05, 0.1) is 6.10 Å². The van der Waals surface area contributed by atoms with E-state index in [1.165, 1.54) is 0 Å². The Morgan fingerprint density at radius 1 is 1.29 bits per heavy atom. The molecular formula is C18H25F2NO3. The summed E-state index contributed by atoms with van der Waals surface area (Å²) >= 11 is 0. The quantitative estimate of drug-likeness (QED) is 0.812. The largest absolute Gasteiger partial charge is 0.483 e. The number of aliphatic hydroxyl groups is 1. The zero-order valence-electron chi connectivity index (χ0n) is 14.0. The maximum Gasteiger partial charge on any atom is 0.290 e. The number of hydrogen-bond acceptors (Lipinski definition) is 3. The molecule has 0 radical (unpaired) electrons. The van der Waals surface area contributed by atoms with Gasteiger partial charge in [0.15, 0.2) is 11.6 Å². The average molecular weight is 341 g/mol. The molecular weight excluding hydrogens is 316 g/mol. The summed E-state index contributed by atoms with van der Waals surface area (Å²) < 4.78 is 27.7. The Morgan fingerprint density at radius 3 is 2.58 bits per heavy atom. The van der Waals surface area contributed by atoms with Crippen LogP contribution in [0.2, 0.25) is 0 Å². The molecule has 1 aromatic carbocycles. The van der Waals surface area contributed by atoms with E-state index in [9.17, 15) is 13.9 Å². The highest BCUT2D eigenvalue weighted by atomic mass is 19.2. The number of aliphatic hydroxyl groups excluding tert-OH is 1. The van der Waals surface area contributed by atoms with Crippen molar-refractivity contribution in [1.29, 1.82) is 0 Å². The van der Waals surface area contributed by atoms with Gasteiger partial charge in [-0.25, -0.2) is 8.78 Å². The smallest absolute Gasteiger partial charge is 0.290 e. The number of piperidine rings is 1. The highest BCUT2D eigenvalue weighted by Gasteiger charge is 2.44. The van der Waals surface area contributed by atoms with E-state index in [-0.39, 0.29) is 18.0 Å². The van der Waals surface area contributed by atoms with Crippen molar-refractivity contribution in [3.63, 3.8) is 0 Å². The predicted molar refractivity (Wildman–Crippen MR) is 86.6 cm³/mol. The normalized spacial score (nSPS) is 26.9. The minimum atomic E-state index is -0.736. The van der Waals surface area contributed by atoms with E-state index in [4.69, 9.17) is 9.90 Å². The van der Waals surface area contributed by atoms with Crippen molar-refractivity contribution in [1.82, 2.24) is 4.90 Å². The first-order chi connectivity index (χ1) is 11.4. The summed E-state index contributed by atoms with van der Waals surface area (Å²) in [5, 5.41) is 17.2. The number of halogens is 2. The van der Waals surface area contributed by atoms with E-state index in [0.29, 0.717) is 17.7 Å². The van der Waals surface area contributed by atoms with Crippen LogP contribution in [0.1, 0.15) is 43.2 Å². The summed E-state index contributed by atoms with van der Waals surface area (Å²) in [5.74, 6) is -1.46. The van der Waals surface area contributed by atoms with E-state index in [0.717, 1.165) is 45.2 Å². The monoisotopic (exact) mass is 341 g/mol. The number of rotatable bonds is 2. The fourth-order valence-electron chi connectivity index (χ4n) is 4.04. The Morgan fingerprint density at radius 2 is 1.96 bits per heavy atom. The molecule has 0 bridgehead atoms. The van der Waals surface area contributed by atoms with Crippen LogP contribution in [0.5, 0.6) is 0 Å². The Balaban J connectivity index is 0.000000647. The number of carboxylic acid groups (broad SMARTS) is 1. The maximum atomic E-state index is 14.0. The molecule has 1 saturated carbocycles. The SMILES string of the molecule is Cc1ccc(CN2CCC[C@]3(CCC[C@H]3O)C2)c(F)c1F.O=CO. The Hall–Kier alpha value is -1.53. The van der Waals surface area contributed by atoms with Gasteiger partial charge in [0.25, 0.3) is 6.47 Å². The summed E-state index contributed by atoms with van der Waals surface area (Å²) in [5.41, 5.74) is 0.748. The molecule has 2 N–H and O–H groups in total. The third-order valence-electron chi connectivity index (χ3n) is 5.30. The van der Waals surface area contributed by atoms with E-state index in [1.807, 2.05) is 0 Å². The molecule has 0 aromatic heterocycles. The van der Waals surface area contributed by atoms with Crippen molar-refractivity contribution in [3.05, 3.63) is 34.9 Å². The summed E-state index contributed by atoms with van der Waals surface area (Å²) in [6.45, 7) is 3.44. The van der Waals surface area contributed by atoms with Crippen LogP contribution in [0.25, 0.3) is 0 Å². The number of nitrogens with zero attached hydrogens (tertiary/aromatic N) is 1. The molecule has 1 aliphatic heterocycles. The summed E-state index contributed by atoms with van der Waals surface area (Å²) in [6.07, 6.45) is 4.83. The van der Waals surface area contributed by atoms with Crippen molar-refractivity contribution in [2.24, 2.45) is 5.41 Å². The second kappa shape index (κ2) is 8.03. The van der Waals surface area contributed by atoms with Crippen LogP contribution in [0.4, 0.5) is 8.78 Å². The second-order valence-electron chi connectivity index (χ2n) is 6.86. The van der Waals surface area contributed by atoms with Gasteiger partial charge >= 0.3 is 0 Å². The molecule has 0 unspecified atom stereocenters. The Bertz CT molecular complexity index is 582. The lowest BCUT2D eigenvalue weighted by atomic mass is 9.76. The lowest BCUT2D eigenvalue weighted by molar-refractivity contribution is -0.122. The van der Waals surface area contributed by atoms with Crippen LogP contribution in [0.15, 0.2) is 12.1 Å². The van der Waals surface area contributed by atoms with Crippen LogP contribution in [0.3, 0.4) is 0 Å². The second-order valence-corrected chi connectivity index (χ2v) is 6.86. The summed E-state index contributed by atoms with van der Waals surface area (Å²) in [7, 11) is 0. The summed E-state index contributed by atoms with van der Waals surface area (Å²) in [6, 6.07) is 3.32. The maximum absolute atomic E-state index is 14.0.